The monoisotopic (exact) mass is 445 g/mol. The van der Waals surface area contributed by atoms with Crippen LogP contribution in [0, 0.1) is 0 Å². The fourth-order valence-corrected chi connectivity index (χ4v) is 4.84. The summed E-state index contributed by atoms with van der Waals surface area (Å²) in [6, 6.07) is 14.0. The van der Waals surface area contributed by atoms with Crippen molar-refractivity contribution in [2.45, 2.75) is 38.5 Å². The van der Waals surface area contributed by atoms with E-state index >= 15 is 0 Å². The Morgan fingerprint density at radius 2 is 1.75 bits per heavy atom. The highest BCUT2D eigenvalue weighted by Gasteiger charge is 2.32. The predicted octanol–water partition coefficient (Wildman–Crippen LogP) is 4.69. The second kappa shape index (κ2) is 9.63. The number of halogens is 3. The van der Waals surface area contributed by atoms with Crippen LogP contribution >= 0.6 is 0 Å². The number of ketones is 1. The highest BCUT2D eigenvalue weighted by atomic mass is 19.4. The van der Waals surface area contributed by atoms with Gasteiger partial charge in [-0.15, -0.1) is 0 Å². The molecular weight excluding hydrogens is 415 g/mol. The van der Waals surface area contributed by atoms with E-state index < -0.39 is 11.7 Å². The van der Waals surface area contributed by atoms with Crippen LogP contribution in [0.4, 0.5) is 18.9 Å². The molecule has 172 valence electrons. The van der Waals surface area contributed by atoms with Crippen LogP contribution in [0.15, 0.2) is 48.5 Å². The molecule has 0 amide bonds. The summed E-state index contributed by atoms with van der Waals surface area (Å²) in [7, 11) is 0. The summed E-state index contributed by atoms with van der Waals surface area (Å²) < 4.78 is 39.1. The normalized spacial score (nSPS) is 21.0. The summed E-state index contributed by atoms with van der Waals surface area (Å²) in [5.74, 6) is 0.0852. The Morgan fingerprint density at radius 1 is 1.00 bits per heavy atom. The number of rotatable bonds is 5. The summed E-state index contributed by atoms with van der Waals surface area (Å²) in [5, 5.41) is 0. The topological polar surface area (TPSA) is 26.8 Å². The molecular formula is C25H30F3N3O. The maximum Gasteiger partial charge on any atom is 0.416 e. The molecule has 32 heavy (non-hydrogen) atoms. The molecule has 0 radical (unpaired) electrons. The molecule has 2 aromatic rings. The lowest BCUT2D eigenvalue weighted by molar-refractivity contribution is -0.137. The number of carbonyl (C=O) groups is 1. The first kappa shape index (κ1) is 22.8. The van der Waals surface area contributed by atoms with Gasteiger partial charge in [-0.3, -0.25) is 14.6 Å². The first-order valence-corrected chi connectivity index (χ1v) is 11.3. The van der Waals surface area contributed by atoms with E-state index in [1.807, 2.05) is 18.2 Å². The van der Waals surface area contributed by atoms with Crippen molar-refractivity contribution in [2.75, 3.05) is 44.2 Å². The third-order valence-electron chi connectivity index (χ3n) is 6.59. The molecule has 0 N–H and O–H groups in total. The Bertz CT molecular complexity index is 938. The molecule has 0 bridgehead atoms. The number of Topliss-reactive ketones (excluding diaryl/α,β-unsaturated/α-hetero) is 1. The van der Waals surface area contributed by atoms with Crippen molar-refractivity contribution >= 4 is 11.5 Å². The zero-order valence-corrected chi connectivity index (χ0v) is 18.4. The Kier molecular flexibility index (Phi) is 6.86. The molecule has 2 aliphatic heterocycles. The number of piperidine rings is 1. The van der Waals surface area contributed by atoms with Gasteiger partial charge < -0.3 is 4.90 Å². The van der Waals surface area contributed by atoms with E-state index in [0.717, 1.165) is 75.8 Å². The fourth-order valence-electron chi connectivity index (χ4n) is 4.84. The van der Waals surface area contributed by atoms with Gasteiger partial charge in [0.05, 0.1) is 5.56 Å². The molecule has 2 saturated heterocycles. The summed E-state index contributed by atoms with van der Waals surface area (Å²) in [6.45, 7) is 7.63. The van der Waals surface area contributed by atoms with E-state index in [1.54, 1.807) is 13.0 Å². The number of alkyl halides is 3. The van der Waals surface area contributed by atoms with Crippen molar-refractivity contribution in [1.29, 1.82) is 0 Å². The number of nitrogens with zero attached hydrogens (tertiary/aromatic N) is 3. The van der Waals surface area contributed by atoms with Crippen LogP contribution < -0.4 is 4.90 Å². The van der Waals surface area contributed by atoms with Crippen molar-refractivity contribution in [3.8, 4) is 0 Å². The van der Waals surface area contributed by atoms with Gasteiger partial charge in [0, 0.05) is 56.6 Å². The highest BCUT2D eigenvalue weighted by Crippen LogP contribution is 2.32. The SMILES string of the molecule is CC(=O)c1cccc(CN2CCC[C@H](N3CCN(c4cccc(C(F)(F)F)c4)CC3)C2)c1. The molecule has 1 atom stereocenters. The fraction of sp³-hybridized carbons (Fsp3) is 0.480. The lowest BCUT2D eigenvalue weighted by Crippen LogP contribution is -2.55. The maximum absolute atomic E-state index is 13.0. The van der Waals surface area contributed by atoms with E-state index in [2.05, 4.69) is 20.8 Å². The van der Waals surface area contributed by atoms with Gasteiger partial charge in [0.25, 0.3) is 0 Å². The van der Waals surface area contributed by atoms with Gasteiger partial charge in [-0.2, -0.15) is 13.2 Å². The van der Waals surface area contributed by atoms with Crippen molar-refractivity contribution in [2.24, 2.45) is 0 Å². The van der Waals surface area contributed by atoms with Crippen LogP contribution in [-0.4, -0.2) is 60.9 Å². The third kappa shape index (κ3) is 5.51. The van der Waals surface area contributed by atoms with Gasteiger partial charge in [0.15, 0.2) is 5.78 Å². The second-order valence-electron chi connectivity index (χ2n) is 8.86. The number of hydrogen-bond acceptors (Lipinski definition) is 4. The predicted molar refractivity (Wildman–Crippen MR) is 120 cm³/mol. The van der Waals surface area contributed by atoms with Gasteiger partial charge >= 0.3 is 6.18 Å². The van der Waals surface area contributed by atoms with Crippen LogP contribution in [0.3, 0.4) is 0 Å². The van der Waals surface area contributed by atoms with E-state index in [1.165, 1.54) is 12.1 Å². The standard InChI is InChI=1S/C25H30F3N3O/c1-19(32)21-6-2-5-20(15-21)17-29-10-4-9-24(18-29)31-13-11-30(12-14-31)23-8-3-7-22(16-23)25(26,27)28/h2-3,5-8,15-16,24H,4,9-14,17-18H2,1H3/t24-/m0/s1. The van der Waals surface area contributed by atoms with Crippen LogP contribution in [-0.2, 0) is 12.7 Å². The van der Waals surface area contributed by atoms with E-state index in [0.29, 0.717) is 11.7 Å². The van der Waals surface area contributed by atoms with Crippen molar-refractivity contribution in [3.05, 3.63) is 65.2 Å². The van der Waals surface area contributed by atoms with Gasteiger partial charge in [-0.1, -0.05) is 24.3 Å². The summed E-state index contributed by atoms with van der Waals surface area (Å²) >= 11 is 0. The molecule has 2 heterocycles. The Labute approximate surface area is 187 Å². The summed E-state index contributed by atoms with van der Waals surface area (Å²) in [5.41, 5.74) is 1.97. The van der Waals surface area contributed by atoms with Crippen LogP contribution in [0.5, 0.6) is 0 Å². The maximum atomic E-state index is 13.0. The average molecular weight is 446 g/mol. The lowest BCUT2D eigenvalue weighted by Gasteiger charge is -2.44. The van der Waals surface area contributed by atoms with Crippen molar-refractivity contribution in [3.63, 3.8) is 0 Å². The molecule has 0 aliphatic carbocycles. The first-order valence-electron chi connectivity index (χ1n) is 11.3. The lowest BCUT2D eigenvalue weighted by atomic mass is 10.0. The quantitative estimate of drug-likeness (QED) is 0.624. The second-order valence-corrected chi connectivity index (χ2v) is 8.86. The van der Waals surface area contributed by atoms with Crippen LogP contribution in [0.25, 0.3) is 0 Å². The molecule has 4 rings (SSSR count). The van der Waals surface area contributed by atoms with Crippen molar-refractivity contribution < 1.29 is 18.0 Å². The number of piperazine rings is 1. The van der Waals surface area contributed by atoms with E-state index in [4.69, 9.17) is 0 Å². The minimum Gasteiger partial charge on any atom is -0.369 e. The van der Waals surface area contributed by atoms with Gasteiger partial charge in [-0.25, -0.2) is 0 Å². The van der Waals surface area contributed by atoms with Gasteiger partial charge in [0.1, 0.15) is 0 Å². The molecule has 4 nitrogen and oxygen atoms in total. The number of carbonyl (C=O) groups excluding carboxylic acids is 1. The molecule has 0 aromatic heterocycles. The molecule has 2 aliphatic rings. The van der Waals surface area contributed by atoms with Gasteiger partial charge in [-0.05, 0) is 56.1 Å². The third-order valence-corrected chi connectivity index (χ3v) is 6.59. The number of hydrogen-bond donors (Lipinski definition) is 0. The zero-order chi connectivity index (χ0) is 22.7. The van der Waals surface area contributed by atoms with E-state index in [-0.39, 0.29) is 5.78 Å². The molecule has 0 spiro atoms. The van der Waals surface area contributed by atoms with Gasteiger partial charge in [0.2, 0.25) is 0 Å². The molecule has 2 fully saturated rings. The summed E-state index contributed by atoms with van der Waals surface area (Å²) in [6.07, 6.45) is -2.04. The molecule has 2 aromatic carbocycles. The number of likely N-dealkylation sites (tertiary alicyclic amines) is 1. The van der Waals surface area contributed by atoms with Crippen LogP contribution in [0.1, 0.15) is 41.3 Å². The highest BCUT2D eigenvalue weighted by molar-refractivity contribution is 5.94. The Balaban J connectivity index is 1.33. The molecule has 7 heteroatoms. The average Bonchev–Trinajstić information content (AvgIpc) is 2.79. The number of benzene rings is 2. The molecule has 0 unspecified atom stereocenters. The Hall–Kier alpha value is -2.38. The smallest absolute Gasteiger partial charge is 0.369 e. The largest absolute Gasteiger partial charge is 0.416 e. The summed E-state index contributed by atoms with van der Waals surface area (Å²) in [4.78, 5) is 18.7. The number of anilines is 1. The minimum absolute atomic E-state index is 0.0852. The minimum atomic E-state index is -4.31. The zero-order valence-electron chi connectivity index (χ0n) is 18.4. The first-order chi connectivity index (χ1) is 15.3. The van der Waals surface area contributed by atoms with E-state index in [9.17, 15) is 18.0 Å². The molecule has 0 saturated carbocycles. The Morgan fingerprint density at radius 3 is 2.47 bits per heavy atom. The van der Waals surface area contributed by atoms with Crippen LogP contribution in [0.2, 0.25) is 0 Å². The van der Waals surface area contributed by atoms with Crippen molar-refractivity contribution in [1.82, 2.24) is 9.80 Å².